The normalized spacial score (nSPS) is 10.7. The average Bonchev–Trinajstić information content (AvgIpc) is 2.50. The molecule has 0 saturated carbocycles. The minimum absolute atomic E-state index is 0. The Hall–Kier alpha value is -1.30. The Balaban J connectivity index is 0.00000441. The van der Waals surface area contributed by atoms with Gasteiger partial charge in [-0.25, -0.2) is 0 Å². The molecule has 5 nitrogen and oxygen atoms in total. The summed E-state index contributed by atoms with van der Waals surface area (Å²) in [5.41, 5.74) is 0.247. The molecule has 0 aromatic heterocycles. The smallest absolute Gasteiger partial charge is 0.230 e. The third-order valence-corrected chi connectivity index (χ3v) is 3.42. The standard InChI is InChI=1S/C16H26N2O3.ClH/c1-16(2,13-7-5-6-8-14(13)21-4)15(19)18-10-9-17-11-12-20-3;/h5-8,17H,9-12H2,1-4H3,(H,18,19);1H. The van der Waals surface area contributed by atoms with E-state index in [1.807, 2.05) is 38.1 Å². The van der Waals surface area contributed by atoms with Gasteiger partial charge in [0.1, 0.15) is 5.75 Å². The Labute approximate surface area is 139 Å². The van der Waals surface area contributed by atoms with E-state index >= 15 is 0 Å². The van der Waals surface area contributed by atoms with Gasteiger partial charge in [-0.05, 0) is 19.9 Å². The van der Waals surface area contributed by atoms with Crippen molar-refractivity contribution in [3.8, 4) is 5.75 Å². The van der Waals surface area contributed by atoms with E-state index in [0.717, 1.165) is 24.4 Å². The molecule has 0 atom stereocenters. The van der Waals surface area contributed by atoms with E-state index in [9.17, 15) is 4.79 Å². The van der Waals surface area contributed by atoms with Crippen LogP contribution in [-0.4, -0.2) is 46.4 Å². The lowest BCUT2D eigenvalue weighted by molar-refractivity contribution is -0.125. The molecule has 22 heavy (non-hydrogen) atoms. The highest BCUT2D eigenvalue weighted by Gasteiger charge is 2.32. The molecule has 0 heterocycles. The Morgan fingerprint density at radius 1 is 1.14 bits per heavy atom. The summed E-state index contributed by atoms with van der Waals surface area (Å²) in [6.07, 6.45) is 0. The molecule has 6 heteroatoms. The van der Waals surface area contributed by atoms with Crippen LogP contribution in [0, 0.1) is 0 Å². The lowest BCUT2D eigenvalue weighted by atomic mass is 9.83. The summed E-state index contributed by atoms with van der Waals surface area (Å²) in [5.74, 6) is 0.719. The van der Waals surface area contributed by atoms with Crippen molar-refractivity contribution >= 4 is 18.3 Å². The number of halogens is 1. The highest BCUT2D eigenvalue weighted by Crippen LogP contribution is 2.31. The summed E-state index contributed by atoms with van der Waals surface area (Å²) in [6.45, 7) is 6.55. The van der Waals surface area contributed by atoms with Crippen LogP contribution >= 0.6 is 12.4 Å². The van der Waals surface area contributed by atoms with Gasteiger partial charge in [0.05, 0.1) is 19.1 Å². The lowest BCUT2D eigenvalue weighted by Crippen LogP contribution is -2.43. The molecule has 1 amide bonds. The summed E-state index contributed by atoms with van der Waals surface area (Å²) in [7, 11) is 3.28. The topological polar surface area (TPSA) is 59.6 Å². The van der Waals surface area contributed by atoms with Crippen LogP contribution < -0.4 is 15.4 Å². The lowest BCUT2D eigenvalue weighted by Gasteiger charge is -2.26. The van der Waals surface area contributed by atoms with E-state index in [2.05, 4.69) is 10.6 Å². The van der Waals surface area contributed by atoms with E-state index < -0.39 is 5.41 Å². The van der Waals surface area contributed by atoms with Crippen molar-refractivity contribution in [3.05, 3.63) is 29.8 Å². The molecule has 0 saturated heterocycles. The van der Waals surface area contributed by atoms with Crippen molar-refractivity contribution in [3.63, 3.8) is 0 Å². The predicted octanol–water partition coefficient (Wildman–Crippen LogP) is 1.75. The molecule has 0 aliphatic heterocycles. The van der Waals surface area contributed by atoms with Crippen LogP contribution in [0.3, 0.4) is 0 Å². The first-order valence-electron chi connectivity index (χ1n) is 7.15. The summed E-state index contributed by atoms with van der Waals surface area (Å²) >= 11 is 0. The number of nitrogens with one attached hydrogen (secondary N) is 2. The number of benzene rings is 1. The fourth-order valence-corrected chi connectivity index (χ4v) is 2.07. The van der Waals surface area contributed by atoms with Gasteiger partial charge in [0.15, 0.2) is 0 Å². The first-order chi connectivity index (χ1) is 10.0. The first kappa shape index (κ1) is 20.7. The maximum atomic E-state index is 12.4. The quantitative estimate of drug-likeness (QED) is 0.677. The molecule has 1 rings (SSSR count). The molecule has 126 valence electrons. The van der Waals surface area contributed by atoms with Gasteiger partial charge in [0.2, 0.25) is 5.91 Å². The third-order valence-electron chi connectivity index (χ3n) is 3.42. The maximum absolute atomic E-state index is 12.4. The van der Waals surface area contributed by atoms with E-state index in [-0.39, 0.29) is 18.3 Å². The van der Waals surface area contributed by atoms with Gasteiger partial charge in [-0.15, -0.1) is 12.4 Å². The van der Waals surface area contributed by atoms with Gasteiger partial charge in [0.25, 0.3) is 0 Å². The van der Waals surface area contributed by atoms with Gasteiger partial charge in [-0.2, -0.15) is 0 Å². The fraction of sp³-hybridized carbons (Fsp3) is 0.562. The van der Waals surface area contributed by atoms with Crippen molar-refractivity contribution < 1.29 is 14.3 Å². The minimum atomic E-state index is -0.640. The number of rotatable bonds is 9. The molecule has 0 unspecified atom stereocenters. The second-order valence-corrected chi connectivity index (χ2v) is 5.32. The van der Waals surface area contributed by atoms with Gasteiger partial charge in [-0.1, -0.05) is 18.2 Å². The Morgan fingerprint density at radius 2 is 1.82 bits per heavy atom. The van der Waals surface area contributed by atoms with Gasteiger partial charge in [0, 0.05) is 32.3 Å². The number of para-hydroxylation sites is 1. The molecule has 1 aromatic carbocycles. The molecule has 0 aliphatic rings. The van der Waals surface area contributed by atoms with Crippen LogP contribution in [0.1, 0.15) is 19.4 Å². The Morgan fingerprint density at radius 3 is 2.45 bits per heavy atom. The summed E-state index contributed by atoms with van der Waals surface area (Å²) in [5, 5.41) is 6.14. The molecular formula is C16H27ClN2O3. The molecule has 1 aromatic rings. The maximum Gasteiger partial charge on any atom is 0.230 e. The number of hydrogen-bond acceptors (Lipinski definition) is 4. The SMILES string of the molecule is COCCNCCNC(=O)C(C)(C)c1ccccc1OC.Cl. The molecule has 0 spiro atoms. The average molecular weight is 331 g/mol. The fourth-order valence-electron chi connectivity index (χ4n) is 2.07. The summed E-state index contributed by atoms with van der Waals surface area (Å²) < 4.78 is 10.3. The monoisotopic (exact) mass is 330 g/mol. The molecule has 0 aliphatic carbocycles. The number of carbonyl (C=O) groups excluding carboxylic acids is 1. The Bertz CT molecular complexity index is 453. The van der Waals surface area contributed by atoms with Gasteiger partial charge in [-0.3, -0.25) is 4.79 Å². The second-order valence-electron chi connectivity index (χ2n) is 5.32. The predicted molar refractivity (Wildman–Crippen MR) is 91.0 cm³/mol. The van der Waals surface area contributed by atoms with Crippen LogP contribution in [0.2, 0.25) is 0 Å². The minimum Gasteiger partial charge on any atom is -0.496 e. The van der Waals surface area contributed by atoms with Crippen LogP contribution in [0.15, 0.2) is 24.3 Å². The largest absolute Gasteiger partial charge is 0.496 e. The third kappa shape index (κ3) is 5.83. The zero-order chi connectivity index (χ0) is 15.7. The van der Waals surface area contributed by atoms with E-state index in [1.54, 1.807) is 14.2 Å². The van der Waals surface area contributed by atoms with Crippen molar-refractivity contribution in [2.75, 3.05) is 40.5 Å². The van der Waals surface area contributed by atoms with Crippen LogP contribution in [0.5, 0.6) is 5.75 Å². The van der Waals surface area contributed by atoms with Crippen LogP contribution in [-0.2, 0) is 14.9 Å². The molecule has 0 fully saturated rings. The van der Waals surface area contributed by atoms with Crippen molar-refractivity contribution in [2.24, 2.45) is 0 Å². The Kier molecular flexibility index (Phi) is 9.81. The van der Waals surface area contributed by atoms with Crippen LogP contribution in [0.4, 0.5) is 0 Å². The number of carbonyl (C=O) groups is 1. The van der Waals surface area contributed by atoms with Crippen LogP contribution in [0.25, 0.3) is 0 Å². The molecule has 2 N–H and O–H groups in total. The molecule has 0 bridgehead atoms. The van der Waals surface area contributed by atoms with Gasteiger partial charge >= 0.3 is 0 Å². The highest BCUT2D eigenvalue weighted by atomic mass is 35.5. The number of methoxy groups -OCH3 is 2. The van der Waals surface area contributed by atoms with Gasteiger partial charge < -0.3 is 20.1 Å². The number of hydrogen-bond donors (Lipinski definition) is 2. The molecular weight excluding hydrogens is 304 g/mol. The zero-order valence-corrected chi connectivity index (χ0v) is 14.6. The highest BCUT2D eigenvalue weighted by molar-refractivity contribution is 5.88. The zero-order valence-electron chi connectivity index (χ0n) is 13.8. The summed E-state index contributed by atoms with van der Waals surface area (Å²) in [4.78, 5) is 12.4. The summed E-state index contributed by atoms with van der Waals surface area (Å²) in [6, 6.07) is 7.61. The number of amides is 1. The second kappa shape index (κ2) is 10.4. The van der Waals surface area contributed by atoms with E-state index in [4.69, 9.17) is 9.47 Å². The van der Waals surface area contributed by atoms with E-state index in [1.165, 1.54) is 0 Å². The van der Waals surface area contributed by atoms with Crippen molar-refractivity contribution in [1.82, 2.24) is 10.6 Å². The van der Waals surface area contributed by atoms with Crippen molar-refractivity contribution in [2.45, 2.75) is 19.3 Å². The molecule has 0 radical (unpaired) electrons. The van der Waals surface area contributed by atoms with E-state index in [0.29, 0.717) is 13.2 Å². The number of ether oxygens (including phenoxy) is 2. The first-order valence-corrected chi connectivity index (χ1v) is 7.15. The van der Waals surface area contributed by atoms with Crippen molar-refractivity contribution in [1.29, 1.82) is 0 Å².